The number of hydrogen-bond donors (Lipinski definition) is 1. The van der Waals surface area contributed by atoms with Crippen molar-refractivity contribution in [2.24, 2.45) is 17.3 Å². The maximum atomic E-state index is 12.4. The third-order valence-electron chi connectivity index (χ3n) is 5.66. The van der Waals surface area contributed by atoms with Gasteiger partial charge in [0, 0.05) is 5.92 Å². The molecule has 1 aliphatic carbocycles. The van der Waals surface area contributed by atoms with Crippen LogP contribution in [-0.2, 0) is 9.59 Å². The van der Waals surface area contributed by atoms with Crippen LogP contribution in [0.5, 0.6) is 0 Å². The van der Waals surface area contributed by atoms with Gasteiger partial charge >= 0.3 is 5.97 Å². The third kappa shape index (κ3) is 2.27. The summed E-state index contributed by atoms with van der Waals surface area (Å²) in [5.74, 6) is -1.07. The number of carbonyl (C=O) groups excluding carboxylic acids is 1. The highest BCUT2D eigenvalue weighted by atomic mass is 16.4. The van der Waals surface area contributed by atoms with Crippen molar-refractivity contribution in [1.82, 2.24) is 0 Å². The molecule has 1 aliphatic rings. The first kappa shape index (κ1) is 16.7. The van der Waals surface area contributed by atoms with Crippen molar-refractivity contribution in [1.29, 1.82) is 0 Å². The molecule has 0 radical (unpaired) electrons. The van der Waals surface area contributed by atoms with Gasteiger partial charge < -0.3 is 5.11 Å². The Balaban J connectivity index is 2.74. The van der Waals surface area contributed by atoms with Crippen LogP contribution in [0.15, 0.2) is 12.1 Å². The molecule has 3 nitrogen and oxygen atoms in total. The van der Waals surface area contributed by atoms with Gasteiger partial charge in [-0.1, -0.05) is 31.5 Å². The molecule has 0 amide bonds. The van der Waals surface area contributed by atoms with Gasteiger partial charge in [-0.3, -0.25) is 9.59 Å². The van der Waals surface area contributed by atoms with Crippen LogP contribution in [0.1, 0.15) is 55.4 Å². The molecule has 1 aromatic rings. The number of carboxylic acid groups (broad SMARTS) is 1. The molecule has 2 rings (SSSR count). The number of carbonyl (C=O) groups is 2. The molecule has 1 saturated carbocycles. The molecule has 120 valence electrons. The van der Waals surface area contributed by atoms with E-state index in [4.69, 9.17) is 0 Å². The predicted molar refractivity (Wildman–Crippen MR) is 87.1 cm³/mol. The van der Waals surface area contributed by atoms with Gasteiger partial charge in [-0.2, -0.15) is 0 Å². The van der Waals surface area contributed by atoms with Crippen LogP contribution >= 0.6 is 0 Å². The van der Waals surface area contributed by atoms with E-state index in [2.05, 4.69) is 26.0 Å². The molecule has 4 unspecified atom stereocenters. The molecule has 3 heteroatoms. The van der Waals surface area contributed by atoms with Gasteiger partial charge in [-0.15, -0.1) is 0 Å². The number of aliphatic carboxylic acids is 1. The fourth-order valence-corrected chi connectivity index (χ4v) is 4.52. The molecule has 4 atom stereocenters. The molecule has 0 aromatic heterocycles. The summed E-state index contributed by atoms with van der Waals surface area (Å²) >= 11 is 0. The normalized spacial score (nSPS) is 31.3. The monoisotopic (exact) mass is 302 g/mol. The van der Waals surface area contributed by atoms with Crippen LogP contribution in [0.2, 0.25) is 0 Å². The lowest BCUT2D eigenvalue weighted by Crippen LogP contribution is -2.41. The van der Waals surface area contributed by atoms with Crippen molar-refractivity contribution in [3.8, 4) is 0 Å². The third-order valence-corrected chi connectivity index (χ3v) is 5.66. The second kappa shape index (κ2) is 5.53. The Hall–Kier alpha value is -1.64. The van der Waals surface area contributed by atoms with Gasteiger partial charge in [0.05, 0.1) is 0 Å². The maximum Gasteiger partial charge on any atom is 0.317 e. The van der Waals surface area contributed by atoms with E-state index in [1.165, 1.54) is 12.5 Å². The molecule has 0 heterocycles. The van der Waals surface area contributed by atoms with Gasteiger partial charge in [0.25, 0.3) is 0 Å². The Morgan fingerprint density at radius 3 is 2.05 bits per heavy atom. The topological polar surface area (TPSA) is 54.4 Å². The van der Waals surface area contributed by atoms with Crippen LogP contribution < -0.4 is 0 Å². The molecule has 22 heavy (non-hydrogen) atoms. The Kier molecular flexibility index (Phi) is 4.20. The van der Waals surface area contributed by atoms with Gasteiger partial charge in [-0.05, 0) is 62.6 Å². The first-order valence-corrected chi connectivity index (χ1v) is 7.95. The van der Waals surface area contributed by atoms with Gasteiger partial charge in [0.1, 0.15) is 11.2 Å². The molecule has 0 saturated heterocycles. The van der Waals surface area contributed by atoms with Gasteiger partial charge in [0.2, 0.25) is 0 Å². The van der Waals surface area contributed by atoms with Crippen molar-refractivity contribution < 1.29 is 14.7 Å². The number of carboxylic acids is 1. The van der Waals surface area contributed by atoms with E-state index < -0.39 is 11.4 Å². The van der Waals surface area contributed by atoms with Crippen LogP contribution in [0, 0.1) is 38.0 Å². The van der Waals surface area contributed by atoms with Crippen LogP contribution in [0.4, 0.5) is 0 Å². The summed E-state index contributed by atoms with van der Waals surface area (Å²) in [6, 6.07) is 4.18. The van der Waals surface area contributed by atoms with E-state index in [1.54, 1.807) is 0 Å². The first-order valence-electron chi connectivity index (χ1n) is 7.95. The average molecular weight is 302 g/mol. The Morgan fingerprint density at radius 2 is 1.64 bits per heavy atom. The minimum atomic E-state index is -1.29. The van der Waals surface area contributed by atoms with E-state index >= 15 is 0 Å². The minimum Gasteiger partial charge on any atom is -0.480 e. The van der Waals surface area contributed by atoms with Crippen molar-refractivity contribution in [2.75, 3.05) is 0 Å². The molecular formula is C19H26O3. The Bertz CT molecular complexity index is 593. The van der Waals surface area contributed by atoms with E-state index in [1.807, 2.05) is 20.8 Å². The Labute approximate surface area is 132 Å². The quantitative estimate of drug-likeness (QED) is 0.858. The molecular weight excluding hydrogens is 276 g/mol. The molecule has 0 aliphatic heterocycles. The summed E-state index contributed by atoms with van der Waals surface area (Å²) in [6.07, 6.45) is 0.427. The number of benzene rings is 1. The molecule has 0 bridgehead atoms. The van der Waals surface area contributed by atoms with Crippen LogP contribution in [0.25, 0.3) is 0 Å². The number of Topliss-reactive ketones (excluding diaryl/α,β-unsaturated/α-hetero) is 1. The fraction of sp³-hybridized carbons (Fsp3) is 0.579. The lowest BCUT2D eigenvalue weighted by Gasteiger charge is -2.33. The summed E-state index contributed by atoms with van der Waals surface area (Å²) in [5.41, 5.74) is 3.12. The van der Waals surface area contributed by atoms with Crippen molar-refractivity contribution >= 4 is 11.8 Å². The minimum absolute atomic E-state index is 0.167. The van der Waals surface area contributed by atoms with Crippen molar-refractivity contribution in [2.45, 2.75) is 53.9 Å². The molecule has 1 fully saturated rings. The second-order valence-corrected chi connectivity index (χ2v) is 7.16. The maximum absolute atomic E-state index is 12.4. The predicted octanol–water partition coefficient (Wildman–Crippen LogP) is 4.03. The van der Waals surface area contributed by atoms with Gasteiger partial charge in [-0.25, -0.2) is 0 Å². The zero-order valence-corrected chi connectivity index (χ0v) is 14.4. The zero-order chi connectivity index (χ0) is 16.8. The molecule has 1 aromatic carbocycles. The molecule has 1 N–H and O–H groups in total. The smallest absolute Gasteiger partial charge is 0.317 e. The summed E-state index contributed by atoms with van der Waals surface area (Å²) < 4.78 is 0. The van der Waals surface area contributed by atoms with Gasteiger partial charge in [0.15, 0.2) is 0 Å². The van der Waals surface area contributed by atoms with E-state index in [0.717, 1.165) is 16.7 Å². The number of aryl methyl sites for hydroxylation is 3. The number of ketones is 1. The SMILES string of the molecule is CC(=O)C1(C(=O)O)CC(C)C(C)C1c1c(C)cc(C)cc1C. The first-order chi connectivity index (χ1) is 10.1. The summed E-state index contributed by atoms with van der Waals surface area (Å²) in [4.78, 5) is 24.5. The fourth-order valence-electron chi connectivity index (χ4n) is 4.52. The second-order valence-electron chi connectivity index (χ2n) is 7.16. The Morgan fingerprint density at radius 1 is 1.14 bits per heavy atom. The highest BCUT2D eigenvalue weighted by molar-refractivity contribution is 6.03. The van der Waals surface area contributed by atoms with Crippen LogP contribution in [0.3, 0.4) is 0 Å². The van der Waals surface area contributed by atoms with E-state index in [0.29, 0.717) is 6.42 Å². The standard InChI is InChI=1S/C19H26O3/c1-10-7-11(2)16(12(3)8-10)17-14(5)13(4)9-19(17,15(6)20)18(21)22/h7-8,13-14,17H,9H2,1-6H3,(H,21,22). The average Bonchev–Trinajstić information content (AvgIpc) is 2.63. The van der Waals surface area contributed by atoms with Crippen molar-refractivity contribution in [3.63, 3.8) is 0 Å². The summed E-state index contributed by atoms with van der Waals surface area (Å²) in [6.45, 7) is 11.7. The highest BCUT2D eigenvalue weighted by Gasteiger charge is 2.59. The number of hydrogen-bond acceptors (Lipinski definition) is 2. The van der Waals surface area contributed by atoms with Crippen LogP contribution in [-0.4, -0.2) is 16.9 Å². The summed E-state index contributed by atoms with van der Waals surface area (Å²) in [7, 11) is 0. The lowest BCUT2D eigenvalue weighted by molar-refractivity contribution is -0.155. The lowest BCUT2D eigenvalue weighted by atomic mass is 9.67. The zero-order valence-electron chi connectivity index (χ0n) is 14.4. The molecule has 0 spiro atoms. The highest BCUT2D eigenvalue weighted by Crippen LogP contribution is 2.57. The number of rotatable bonds is 3. The van der Waals surface area contributed by atoms with Crippen molar-refractivity contribution in [3.05, 3.63) is 34.4 Å². The van der Waals surface area contributed by atoms with E-state index in [9.17, 15) is 14.7 Å². The summed E-state index contributed by atoms with van der Waals surface area (Å²) in [5, 5.41) is 9.92. The van der Waals surface area contributed by atoms with E-state index in [-0.39, 0.29) is 23.5 Å². The largest absolute Gasteiger partial charge is 0.480 e.